The summed E-state index contributed by atoms with van der Waals surface area (Å²) in [6.45, 7) is 1.54. The summed E-state index contributed by atoms with van der Waals surface area (Å²) in [5, 5.41) is 17.1. The Hall–Kier alpha value is -2.21. The number of aliphatic hydroxyl groups excluding tert-OH is 1. The first-order valence-electron chi connectivity index (χ1n) is 7.16. The van der Waals surface area contributed by atoms with Crippen molar-refractivity contribution < 1.29 is 9.90 Å². The van der Waals surface area contributed by atoms with Crippen molar-refractivity contribution in [1.29, 1.82) is 0 Å². The molecule has 6 heteroatoms. The van der Waals surface area contributed by atoms with Crippen molar-refractivity contribution in [2.45, 2.75) is 12.8 Å². The van der Waals surface area contributed by atoms with Crippen LogP contribution in [0.4, 0.5) is 0 Å². The van der Waals surface area contributed by atoms with Gasteiger partial charge in [-0.1, -0.05) is 23.4 Å². The van der Waals surface area contributed by atoms with Crippen molar-refractivity contribution in [2.24, 2.45) is 5.92 Å². The quantitative estimate of drug-likeness (QED) is 0.917. The molecule has 0 spiro atoms. The number of piperidine rings is 1. The molecule has 0 radical (unpaired) electrons. The Morgan fingerprint density at radius 3 is 2.62 bits per heavy atom. The number of likely N-dealkylation sites (tertiary alicyclic amines) is 1. The van der Waals surface area contributed by atoms with Gasteiger partial charge in [-0.2, -0.15) is 0 Å². The molecule has 1 aromatic carbocycles. The fourth-order valence-electron chi connectivity index (χ4n) is 2.55. The van der Waals surface area contributed by atoms with E-state index in [0.717, 1.165) is 18.5 Å². The molecule has 1 aliphatic rings. The fraction of sp³-hybridized carbons (Fsp3) is 0.400. The lowest BCUT2D eigenvalue weighted by Crippen LogP contribution is -2.39. The van der Waals surface area contributed by atoms with E-state index in [1.54, 1.807) is 15.8 Å². The standard InChI is InChI=1S/C15H18N4O2/c20-11-12-6-8-18(9-7-12)15(21)14-10-19(17-16-14)13-4-2-1-3-5-13/h1-5,10,12,20H,6-9,11H2. The van der Waals surface area contributed by atoms with Crippen LogP contribution in [-0.4, -0.2) is 50.6 Å². The van der Waals surface area contributed by atoms with Crippen LogP contribution in [0.3, 0.4) is 0 Å². The van der Waals surface area contributed by atoms with Crippen molar-refractivity contribution in [3.63, 3.8) is 0 Å². The third kappa shape index (κ3) is 2.95. The predicted octanol–water partition coefficient (Wildman–Crippen LogP) is 1.11. The fourth-order valence-corrected chi connectivity index (χ4v) is 2.55. The van der Waals surface area contributed by atoms with Crippen LogP contribution >= 0.6 is 0 Å². The van der Waals surface area contributed by atoms with Crippen molar-refractivity contribution in [2.75, 3.05) is 19.7 Å². The summed E-state index contributed by atoms with van der Waals surface area (Å²) in [5.74, 6) is 0.225. The zero-order chi connectivity index (χ0) is 14.7. The molecule has 1 aromatic heterocycles. The molecule has 2 aromatic rings. The molecule has 1 amide bonds. The average molecular weight is 286 g/mol. The zero-order valence-electron chi connectivity index (χ0n) is 11.7. The van der Waals surface area contributed by atoms with Crippen LogP contribution in [0.2, 0.25) is 0 Å². The number of rotatable bonds is 3. The Bertz CT molecular complexity index is 603. The molecule has 1 N–H and O–H groups in total. The van der Waals surface area contributed by atoms with E-state index in [1.807, 2.05) is 30.3 Å². The molecule has 0 aliphatic carbocycles. The first-order valence-corrected chi connectivity index (χ1v) is 7.16. The Morgan fingerprint density at radius 2 is 1.95 bits per heavy atom. The molecule has 1 saturated heterocycles. The Balaban J connectivity index is 1.70. The predicted molar refractivity (Wildman–Crippen MR) is 77.1 cm³/mol. The highest BCUT2D eigenvalue weighted by Gasteiger charge is 2.25. The maximum absolute atomic E-state index is 12.4. The van der Waals surface area contributed by atoms with E-state index in [1.165, 1.54) is 0 Å². The van der Waals surface area contributed by atoms with Crippen LogP contribution in [0, 0.1) is 5.92 Å². The van der Waals surface area contributed by atoms with Gasteiger partial charge in [0.1, 0.15) is 0 Å². The molecule has 2 heterocycles. The maximum atomic E-state index is 12.4. The van der Waals surface area contributed by atoms with E-state index in [4.69, 9.17) is 5.11 Å². The van der Waals surface area contributed by atoms with Gasteiger partial charge in [-0.15, -0.1) is 5.10 Å². The van der Waals surface area contributed by atoms with E-state index in [9.17, 15) is 4.79 Å². The number of aromatic nitrogens is 3. The molecular weight excluding hydrogens is 268 g/mol. The van der Waals surface area contributed by atoms with Crippen LogP contribution in [0.5, 0.6) is 0 Å². The lowest BCUT2D eigenvalue weighted by atomic mass is 9.98. The molecular formula is C15H18N4O2. The van der Waals surface area contributed by atoms with E-state index >= 15 is 0 Å². The van der Waals surface area contributed by atoms with Gasteiger partial charge in [0, 0.05) is 19.7 Å². The second kappa shape index (κ2) is 6.05. The van der Waals surface area contributed by atoms with Gasteiger partial charge in [0.15, 0.2) is 5.69 Å². The minimum atomic E-state index is -0.0893. The van der Waals surface area contributed by atoms with Crippen LogP contribution < -0.4 is 0 Å². The Morgan fingerprint density at radius 1 is 1.24 bits per heavy atom. The van der Waals surface area contributed by atoms with Gasteiger partial charge in [0.25, 0.3) is 5.91 Å². The first-order chi connectivity index (χ1) is 10.3. The minimum absolute atomic E-state index is 0.0893. The molecule has 21 heavy (non-hydrogen) atoms. The van der Waals surface area contributed by atoms with Gasteiger partial charge in [-0.25, -0.2) is 4.68 Å². The first kappa shape index (κ1) is 13.8. The van der Waals surface area contributed by atoms with Crippen molar-refractivity contribution in [3.8, 4) is 5.69 Å². The van der Waals surface area contributed by atoms with Gasteiger partial charge in [0.2, 0.25) is 0 Å². The monoisotopic (exact) mass is 286 g/mol. The highest BCUT2D eigenvalue weighted by molar-refractivity contribution is 5.92. The average Bonchev–Trinajstić information content (AvgIpc) is 3.05. The minimum Gasteiger partial charge on any atom is -0.396 e. The van der Waals surface area contributed by atoms with Gasteiger partial charge >= 0.3 is 0 Å². The third-order valence-electron chi connectivity index (χ3n) is 3.89. The molecule has 0 saturated carbocycles. The smallest absolute Gasteiger partial charge is 0.276 e. The molecule has 1 fully saturated rings. The lowest BCUT2D eigenvalue weighted by molar-refractivity contribution is 0.0645. The van der Waals surface area contributed by atoms with Gasteiger partial charge in [-0.3, -0.25) is 4.79 Å². The molecule has 0 unspecified atom stereocenters. The SMILES string of the molecule is O=C(c1cn(-c2ccccc2)nn1)N1CCC(CO)CC1. The highest BCUT2D eigenvalue weighted by Crippen LogP contribution is 2.18. The highest BCUT2D eigenvalue weighted by atomic mass is 16.3. The number of hydrogen-bond donors (Lipinski definition) is 1. The van der Waals surface area contributed by atoms with Gasteiger partial charge in [0.05, 0.1) is 11.9 Å². The molecule has 3 rings (SSSR count). The summed E-state index contributed by atoms with van der Waals surface area (Å²) in [5.41, 5.74) is 1.24. The molecule has 0 atom stereocenters. The van der Waals surface area contributed by atoms with Gasteiger partial charge in [-0.05, 0) is 30.9 Å². The van der Waals surface area contributed by atoms with Gasteiger partial charge < -0.3 is 10.0 Å². The van der Waals surface area contributed by atoms with Crippen molar-refractivity contribution >= 4 is 5.91 Å². The van der Waals surface area contributed by atoms with Crippen LogP contribution in [0.25, 0.3) is 5.69 Å². The molecule has 0 bridgehead atoms. The van der Waals surface area contributed by atoms with Crippen LogP contribution in [-0.2, 0) is 0 Å². The number of hydrogen-bond acceptors (Lipinski definition) is 4. The zero-order valence-corrected chi connectivity index (χ0v) is 11.7. The topological polar surface area (TPSA) is 71.2 Å². The molecule has 1 aliphatic heterocycles. The number of nitrogens with zero attached hydrogens (tertiary/aromatic N) is 4. The number of benzene rings is 1. The number of para-hydroxylation sites is 1. The second-order valence-electron chi connectivity index (χ2n) is 5.30. The number of aliphatic hydroxyl groups is 1. The number of carbonyl (C=O) groups is 1. The number of carbonyl (C=O) groups excluding carboxylic acids is 1. The van der Waals surface area contributed by atoms with E-state index in [2.05, 4.69) is 10.3 Å². The second-order valence-corrected chi connectivity index (χ2v) is 5.30. The normalized spacial score (nSPS) is 16.1. The summed E-state index contributed by atoms with van der Waals surface area (Å²) in [6.07, 6.45) is 3.35. The third-order valence-corrected chi connectivity index (χ3v) is 3.89. The van der Waals surface area contributed by atoms with E-state index < -0.39 is 0 Å². The van der Waals surface area contributed by atoms with Crippen LogP contribution in [0.1, 0.15) is 23.3 Å². The number of amides is 1. The summed E-state index contributed by atoms with van der Waals surface area (Å²) < 4.78 is 1.60. The molecule has 6 nitrogen and oxygen atoms in total. The Labute approximate surface area is 123 Å². The summed E-state index contributed by atoms with van der Waals surface area (Å²) in [7, 11) is 0. The largest absolute Gasteiger partial charge is 0.396 e. The van der Waals surface area contributed by atoms with Crippen molar-refractivity contribution in [1.82, 2.24) is 19.9 Å². The lowest BCUT2D eigenvalue weighted by Gasteiger charge is -2.30. The van der Waals surface area contributed by atoms with Crippen molar-refractivity contribution in [3.05, 3.63) is 42.2 Å². The maximum Gasteiger partial charge on any atom is 0.276 e. The summed E-state index contributed by atoms with van der Waals surface area (Å²) >= 11 is 0. The van der Waals surface area contributed by atoms with E-state index in [-0.39, 0.29) is 12.5 Å². The summed E-state index contributed by atoms with van der Waals surface area (Å²) in [6, 6.07) is 9.58. The Kier molecular flexibility index (Phi) is 3.96. The van der Waals surface area contributed by atoms with E-state index in [0.29, 0.717) is 24.7 Å². The summed E-state index contributed by atoms with van der Waals surface area (Å²) in [4.78, 5) is 14.2. The molecule has 110 valence electrons. The van der Waals surface area contributed by atoms with Crippen LogP contribution in [0.15, 0.2) is 36.5 Å².